The molecule has 1 fully saturated rings. The van der Waals surface area contributed by atoms with E-state index in [2.05, 4.69) is 22.3 Å². The van der Waals surface area contributed by atoms with Crippen molar-refractivity contribution in [1.29, 1.82) is 0 Å². The van der Waals surface area contributed by atoms with E-state index in [1.165, 1.54) is 12.8 Å². The number of nitrogens with one attached hydrogen (secondary N) is 1. The molecule has 2 atom stereocenters. The fourth-order valence-corrected chi connectivity index (χ4v) is 2.86. The SMILES string of the molecule is CCCC(N)C(=O)NC(CN1CCCC1)c1ccccc1.Cl.Cl. The van der Waals surface area contributed by atoms with Gasteiger partial charge in [-0.3, -0.25) is 4.79 Å². The van der Waals surface area contributed by atoms with Gasteiger partial charge in [-0.15, -0.1) is 24.8 Å². The third kappa shape index (κ3) is 7.08. The van der Waals surface area contributed by atoms with E-state index in [0.717, 1.165) is 38.0 Å². The van der Waals surface area contributed by atoms with Gasteiger partial charge in [0.15, 0.2) is 0 Å². The van der Waals surface area contributed by atoms with Crippen LogP contribution in [0, 0.1) is 0 Å². The second kappa shape index (κ2) is 11.7. The molecule has 0 bridgehead atoms. The zero-order valence-electron chi connectivity index (χ0n) is 13.7. The number of hydrogen-bond acceptors (Lipinski definition) is 3. The fraction of sp³-hybridized carbons (Fsp3) is 0.588. The van der Waals surface area contributed by atoms with Crippen LogP contribution in [-0.2, 0) is 4.79 Å². The van der Waals surface area contributed by atoms with E-state index in [-0.39, 0.29) is 36.8 Å². The van der Waals surface area contributed by atoms with Gasteiger partial charge in [0.25, 0.3) is 0 Å². The van der Waals surface area contributed by atoms with Crippen LogP contribution >= 0.6 is 24.8 Å². The predicted molar refractivity (Wildman–Crippen MR) is 100 cm³/mol. The molecule has 2 rings (SSSR count). The minimum atomic E-state index is -0.403. The summed E-state index contributed by atoms with van der Waals surface area (Å²) in [6.45, 7) is 5.17. The average Bonchev–Trinajstić information content (AvgIpc) is 3.00. The van der Waals surface area contributed by atoms with Gasteiger partial charge in [0, 0.05) is 6.54 Å². The lowest BCUT2D eigenvalue weighted by atomic mass is 10.1. The van der Waals surface area contributed by atoms with Gasteiger partial charge in [0.05, 0.1) is 12.1 Å². The molecule has 1 heterocycles. The predicted octanol–water partition coefficient (Wildman–Crippen LogP) is 2.91. The third-order valence-corrected chi connectivity index (χ3v) is 4.09. The van der Waals surface area contributed by atoms with Crippen LogP contribution < -0.4 is 11.1 Å². The van der Waals surface area contributed by atoms with Gasteiger partial charge >= 0.3 is 0 Å². The highest BCUT2D eigenvalue weighted by Gasteiger charge is 2.22. The molecule has 0 spiro atoms. The minimum Gasteiger partial charge on any atom is -0.347 e. The van der Waals surface area contributed by atoms with E-state index >= 15 is 0 Å². The first-order chi connectivity index (χ1) is 10.2. The number of likely N-dealkylation sites (tertiary alicyclic amines) is 1. The van der Waals surface area contributed by atoms with Crippen molar-refractivity contribution in [2.24, 2.45) is 5.73 Å². The van der Waals surface area contributed by atoms with Crippen molar-refractivity contribution in [2.75, 3.05) is 19.6 Å². The molecule has 4 nitrogen and oxygen atoms in total. The van der Waals surface area contributed by atoms with E-state index in [1.807, 2.05) is 25.1 Å². The van der Waals surface area contributed by atoms with Gasteiger partial charge < -0.3 is 16.0 Å². The van der Waals surface area contributed by atoms with Gasteiger partial charge in [-0.1, -0.05) is 43.7 Å². The number of halogens is 2. The highest BCUT2D eigenvalue weighted by atomic mass is 35.5. The molecule has 23 heavy (non-hydrogen) atoms. The van der Waals surface area contributed by atoms with Crippen LogP contribution in [0.4, 0.5) is 0 Å². The molecular formula is C17H29Cl2N3O. The quantitative estimate of drug-likeness (QED) is 0.784. The summed E-state index contributed by atoms with van der Waals surface area (Å²) in [4.78, 5) is 14.7. The molecule has 3 N–H and O–H groups in total. The van der Waals surface area contributed by atoms with Crippen molar-refractivity contribution in [2.45, 2.75) is 44.7 Å². The summed E-state index contributed by atoms with van der Waals surface area (Å²) in [6, 6.07) is 9.81. The van der Waals surface area contributed by atoms with Gasteiger partial charge in [0.1, 0.15) is 0 Å². The van der Waals surface area contributed by atoms with Gasteiger partial charge in [-0.05, 0) is 37.9 Å². The Morgan fingerprint density at radius 3 is 2.39 bits per heavy atom. The number of rotatable bonds is 7. The summed E-state index contributed by atoms with van der Waals surface area (Å²) in [5.74, 6) is -0.0371. The maximum atomic E-state index is 12.2. The van der Waals surface area contributed by atoms with E-state index in [0.29, 0.717) is 0 Å². The number of carbonyl (C=O) groups excluding carboxylic acids is 1. The number of hydrogen-bond donors (Lipinski definition) is 2. The highest BCUT2D eigenvalue weighted by molar-refractivity contribution is 5.85. The number of nitrogens with zero attached hydrogens (tertiary/aromatic N) is 1. The summed E-state index contributed by atoms with van der Waals surface area (Å²) in [6.07, 6.45) is 4.17. The maximum absolute atomic E-state index is 12.2. The summed E-state index contributed by atoms with van der Waals surface area (Å²) in [5.41, 5.74) is 7.09. The summed E-state index contributed by atoms with van der Waals surface area (Å²) in [5, 5.41) is 3.14. The van der Waals surface area contributed by atoms with Crippen molar-refractivity contribution >= 4 is 30.7 Å². The molecular weight excluding hydrogens is 333 g/mol. The average molecular weight is 362 g/mol. The lowest BCUT2D eigenvalue weighted by Gasteiger charge is -2.26. The number of nitrogens with two attached hydrogens (primary N) is 1. The molecule has 0 radical (unpaired) electrons. The Bertz CT molecular complexity index is 439. The molecule has 132 valence electrons. The molecule has 0 aromatic heterocycles. The minimum absolute atomic E-state index is 0. The number of amides is 1. The summed E-state index contributed by atoms with van der Waals surface area (Å²) < 4.78 is 0. The summed E-state index contributed by atoms with van der Waals surface area (Å²) >= 11 is 0. The van der Waals surface area contributed by atoms with Crippen LogP contribution in [0.1, 0.15) is 44.2 Å². The van der Waals surface area contributed by atoms with Crippen molar-refractivity contribution in [1.82, 2.24) is 10.2 Å². The first-order valence-corrected chi connectivity index (χ1v) is 8.04. The van der Waals surface area contributed by atoms with Crippen LogP contribution in [0.15, 0.2) is 30.3 Å². The fourth-order valence-electron chi connectivity index (χ4n) is 2.86. The van der Waals surface area contributed by atoms with Crippen molar-refractivity contribution in [3.05, 3.63) is 35.9 Å². The molecule has 6 heteroatoms. The zero-order chi connectivity index (χ0) is 15.1. The van der Waals surface area contributed by atoms with Gasteiger partial charge in [0.2, 0.25) is 5.91 Å². The lowest BCUT2D eigenvalue weighted by Crippen LogP contribution is -2.45. The Morgan fingerprint density at radius 2 is 1.83 bits per heavy atom. The Hall–Kier alpha value is -0.810. The smallest absolute Gasteiger partial charge is 0.237 e. The Labute approximate surface area is 152 Å². The molecule has 0 saturated carbocycles. The first kappa shape index (κ1) is 22.2. The van der Waals surface area contributed by atoms with Crippen LogP contribution in [0.2, 0.25) is 0 Å². The standard InChI is InChI=1S/C17H27N3O.2ClH/c1-2-8-15(18)17(21)19-16(13-20-11-6-7-12-20)14-9-4-3-5-10-14;;/h3-5,9-10,15-16H,2,6-8,11-13,18H2,1H3,(H,19,21);2*1H. The second-order valence-corrected chi connectivity index (χ2v) is 5.87. The lowest BCUT2D eigenvalue weighted by molar-refractivity contribution is -0.123. The van der Waals surface area contributed by atoms with E-state index in [4.69, 9.17) is 5.73 Å². The Balaban J connectivity index is 0.00000242. The van der Waals surface area contributed by atoms with Crippen LogP contribution in [0.25, 0.3) is 0 Å². The van der Waals surface area contributed by atoms with E-state index < -0.39 is 6.04 Å². The van der Waals surface area contributed by atoms with E-state index in [9.17, 15) is 4.79 Å². The largest absolute Gasteiger partial charge is 0.347 e. The van der Waals surface area contributed by atoms with Crippen molar-refractivity contribution in [3.63, 3.8) is 0 Å². The molecule has 0 aliphatic carbocycles. The Morgan fingerprint density at radius 1 is 1.22 bits per heavy atom. The Kier molecular flexibility index (Phi) is 11.3. The topological polar surface area (TPSA) is 58.4 Å². The van der Waals surface area contributed by atoms with Crippen LogP contribution in [-0.4, -0.2) is 36.5 Å². The third-order valence-electron chi connectivity index (χ3n) is 4.09. The second-order valence-electron chi connectivity index (χ2n) is 5.87. The molecule has 1 aromatic rings. The van der Waals surface area contributed by atoms with Crippen molar-refractivity contribution in [3.8, 4) is 0 Å². The van der Waals surface area contributed by atoms with E-state index in [1.54, 1.807) is 0 Å². The van der Waals surface area contributed by atoms with Crippen LogP contribution in [0.5, 0.6) is 0 Å². The highest BCUT2D eigenvalue weighted by Crippen LogP contribution is 2.18. The maximum Gasteiger partial charge on any atom is 0.237 e. The first-order valence-electron chi connectivity index (χ1n) is 8.04. The van der Waals surface area contributed by atoms with Crippen LogP contribution in [0.3, 0.4) is 0 Å². The number of carbonyl (C=O) groups is 1. The van der Waals surface area contributed by atoms with Gasteiger partial charge in [-0.2, -0.15) is 0 Å². The molecule has 1 saturated heterocycles. The molecule has 2 unspecified atom stereocenters. The van der Waals surface area contributed by atoms with Gasteiger partial charge in [-0.25, -0.2) is 0 Å². The monoisotopic (exact) mass is 361 g/mol. The summed E-state index contributed by atoms with van der Waals surface area (Å²) in [7, 11) is 0. The number of benzene rings is 1. The van der Waals surface area contributed by atoms with Crippen molar-refractivity contribution < 1.29 is 4.79 Å². The molecule has 1 aliphatic heterocycles. The molecule has 1 amide bonds. The molecule has 1 aromatic carbocycles. The normalized spacial score (nSPS) is 16.8. The molecule has 1 aliphatic rings. The zero-order valence-corrected chi connectivity index (χ0v) is 15.4.